The molecule has 0 rings (SSSR count). The Morgan fingerprint density at radius 2 is 2.00 bits per heavy atom. The van der Waals surface area contributed by atoms with Crippen LogP contribution >= 0.6 is 0 Å². The molecule has 0 aromatic rings. The lowest BCUT2D eigenvalue weighted by molar-refractivity contribution is -0.141. The third-order valence-electron chi connectivity index (χ3n) is 2.50. The number of nitrogens with one attached hydrogen (secondary N) is 1. The van der Waals surface area contributed by atoms with Crippen molar-refractivity contribution >= 4 is 11.9 Å². The van der Waals surface area contributed by atoms with Crippen LogP contribution < -0.4 is 11.1 Å². The smallest absolute Gasteiger partial charge is 0.306 e. The van der Waals surface area contributed by atoms with Crippen molar-refractivity contribution in [2.75, 3.05) is 6.54 Å². The van der Waals surface area contributed by atoms with Gasteiger partial charge < -0.3 is 16.2 Å². The van der Waals surface area contributed by atoms with Crippen molar-refractivity contribution in [2.45, 2.75) is 45.6 Å². The van der Waals surface area contributed by atoms with Crippen LogP contribution in [0.3, 0.4) is 0 Å². The predicted molar refractivity (Wildman–Crippen MR) is 61.9 cm³/mol. The summed E-state index contributed by atoms with van der Waals surface area (Å²) in [6, 6.07) is -0.472. The van der Waals surface area contributed by atoms with E-state index in [2.05, 4.69) is 5.32 Å². The van der Waals surface area contributed by atoms with Crippen LogP contribution in [0.5, 0.6) is 0 Å². The van der Waals surface area contributed by atoms with E-state index in [0.717, 1.165) is 12.8 Å². The lowest BCUT2D eigenvalue weighted by Gasteiger charge is -2.12. The third-order valence-corrected chi connectivity index (χ3v) is 2.50. The van der Waals surface area contributed by atoms with Gasteiger partial charge in [0.05, 0.1) is 12.0 Å². The van der Waals surface area contributed by atoms with Crippen molar-refractivity contribution in [2.24, 2.45) is 11.7 Å². The molecule has 4 N–H and O–H groups in total. The molecule has 0 radical (unpaired) electrons. The average molecular weight is 230 g/mol. The molecule has 0 saturated heterocycles. The molecule has 0 heterocycles. The van der Waals surface area contributed by atoms with Crippen LogP contribution in [-0.4, -0.2) is 29.6 Å². The zero-order chi connectivity index (χ0) is 12.6. The van der Waals surface area contributed by atoms with Crippen molar-refractivity contribution in [3.8, 4) is 0 Å². The maximum atomic E-state index is 11.4. The van der Waals surface area contributed by atoms with Gasteiger partial charge in [0.2, 0.25) is 5.91 Å². The number of amides is 1. The normalized spacial score (nSPS) is 14.2. The minimum atomic E-state index is -0.843. The second-order valence-electron chi connectivity index (χ2n) is 4.07. The number of hydrogen-bond donors (Lipinski definition) is 3. The standard InChI is InChI=1S/C11H22N2O3/c1-3-4-5-9(12)10(14)13-7-6-8(2)11(15)16/h8-9H,3-7,12H2,1-2H3,(H,13,14)(H,15,16). The van der Waals surface area contributed by atoms with E-state index in [1.807, 2.05) is 6.92 Å². The van der Waals surface area contributed by atoms with Gasteiger partial charge in [0, 0.05) is 6.54 Å². The summed E-state index contributed by atoms with van der Waals surface area (Å²) >= 11 is 0. The molecular weight excluding hydrogens is 208 g/mol. The first-order chi connectivity index (χ1) is 7.49. The molecule has 0 aliphatic rings. The first kappa shape index (κ1) is 14.9. The van der Waals surface area contributed by atoms with Gasteiger partial charge in [-0.25, -0.2) is 0 Å². The molecular formula is C11H22N2O3. The molecule has 94 valence electrons. The number of carboxylic acid groups (broad SMARTS) is 1. The number of carbonyl (C=O) groups excluding carboxylic acids is 1. The number of aliphatic carboxylic acids is 1. The lowest BCUT2D eigenvalue weighted by Crippen LogP contribution is -2.41. The van der Waals surface area contributed by atoms with Crippen molar-refractivity contribution in [3.63, 3.8) is 0 Å². The molecule has 16 heavy (non-hydrogen) atoms. The lowest BCUT2D eigenvalue weighted by atomic mass is 10.1. The number of carbonyl (C=O) groups is 2. The van der Waals surface area contributed by atoms with Crippen LogP contribution in [0, 0.1) is 5.92 Å². The molecule has 2 unspecified atom stereocenters. The van der Waals surface area contributed by atoms with Gasteiger partial charge >= 0.3 is 5.97 Å². The van der Waals surface area contributed by atoms with Crippen molar-refractivity contribution in [3.05, 3.63) is 0 Å². The van der Waals surface area contributed by atoms with Crippen LogP contribution in [0.4, 0.5) is 0 Å². The number of nitrogens with two attached hydrogens (primary N) is 1. The first-order valence-corrected chi connectivity index (χ1v) is 5.75. The zero-order valence-corrected chi connectivity index (χ0v) is 10.0. The Morgan fingerprint density at radius 3 is 2.50 bits per heavy atom. The summed E-state index contributed by atoms with van der Waals surface area (Å²) in [5.41, 5.74) is 5.65. The molecule has 0 fully saturated rings. The fourth-order valence-corrected chi connectivity index (χ4v) is 1.22. The van der Waals surface area contributed by atoms with Crippen LogP contribution in [0.1, 0.15) is 39.5 Å². The van der Waals surface area contributed by atoms with Gasteiger partial charge in [-0.15, -0.1) is 0 Å². The van der Waals surface area contributed by atoms with Crippen LogP contribution in [0.2, 0.25) is 0 Å². The fraction of sp³-hybridized carbons (Fsp3) is 0.818. The van der Waals surface area contributed by atoms with Crippen LogP contribution in [0.15, 0.2) is 0 Å². The summed E-state index contributed by atoms with van der Waals surface area (Å²) in [4.78, 5) is 21.9. The topological polar surface area (TPSA) is 92.4 Å². The minimum Gasteiger partial charge on any atom is -0.481 e. The van der Waals surface area contributed by atoms with Crippen LogP contribution in [0.25, 0.3) is 0 Å². The van der Waals surface area contributed by atoms with E-state index in [0.29, 0.717) is 19.4 Å². The molecule has 1 amide bonds. The van der Waals surface area contributed by atoms with Crippen LogP contribution in [-0.2, 0) is 9.59 Å². The summed E-state index contributed by atoms with van der Waals surface area (Å²) in [7, 11) is 0. The second kappa shape index (κ2) is 8.10. The Balaban J connectivity index is 3.68. The van der Waals surface area contributed by atoms with Gasteiger partial charge in [-0.1, -0.05) is 26.7 Å². The Hall–Kier alpha value is -1.10. The SMILES string of the molecule is CCCCC(N)C(=O)NCCC(C)C(=O)O. The summed E-state index contributed by atoms with van der Waals surface area (Å²) in [5, 5.41) is 11.3. The zero-order valence-electron chi connectivity index (χ0n) is 10.0. The fourth-order valence-electron chi connectivity index (χ4n) is 1.22. The minimum absolute atomic E-state index is 0.189. The van der Waals surface area contributed by atoms with Crippen molar-refractivity contribution < 1.29 is 14.7 Å². The van der Waals surface area contributed by atoms with Crippen molar-refractivity contribution in [1.29, 1.82) is 0 Å². The highest BCUT2D eigenvalue weighted by Gasteiger charge is 2.14. The van der Waals surface area contributed by atoms with E-state index in [9.17, 15) is 9.59 Å². The van der Waals surface area contributed by atoms with Crippen molar-refractivity contribution in [1.82, 2.24) is 5.32 Å². The number of rotatable bonds is 8. The predicted octanol–water partition coefficient (Wildman–Crippen LogP) is 0.731. The molecule has 0 aromatic heterocycles. The maximum Gasteiger partial charge on any atom is 0.306 e. The Kier molecular flexibility index (Phi) is 7.54. The number of hydrogen-bond acceptors (Lipinski definition) is 3. The second-order valence-corrected chi connectivity index (χ2v) is 4.07. The quantitative estimate of drug-likeness (QED) is 0.573. The Bertz CT molecular complexity index is 231. The van der Waals surface area contributed by atoms with Gasteiger partial charge in [-0.3, -0.25) is 9.59 Å². The third kappa shape index (κ3) is 6.40. The van der Waals surface area contributed by atoms with Gasteiger partial charge in [0.15, 0.2) is 0 Å². The molecule has 0 spiro atoms. The summed E-state index contributed by atoms with van der Waals surface area (Å²) < 4.78 is 0. The van der Waals surface area contributed by atoms with E-state index in [-0.39, 0.29) is 5.91 Å². The first-order valence-electron chi connectivity index (χ1n) is 5.75. The van der Waals surface area contributed by atoms with E-state index >= 15 is 0 Å². The monoisotopic (exact) mass is 230 g/mol. The Labute approximate surface area is 96.4 Å². The van der Waals surface area contributed by atoms with E-state index in [1.165, 1.54) is 0 Å². The van der Waals surface area contributed by atoms with Gasteiger partial charge in [-0.2, -0.15) is 0 Å². The molecule has 5 heteroatoms. The molecule has 5 nitrogen and oxygen atoms in total. The molecule has 0 aliphatic heterocycles. The molecule has 0 bridgehead atoms. The van der Waals surface area contributed by atoms with E-state index in [4.69, 9.17) is 10.8 Å². The highest BCUT2D eigenvalue weighted by Crippen LogP contribution is 2.01. The van der Waals surface area contributed by atoms with E-state index < -0.39 is 17.9 Å². The molecule has 0 aliphatic carbocycles. The highest BCUT2D eigenvalue weighted by atomic mass is 16.4. The average Bonchev–Trinajstić information content (AvgIpc) is 2.25. The van der Waals surface area contributed by atoms with E-state index in [1.54, 1.807) is 6.92 Å². The number of unbranched alkanes of at least 4 members (excludes halogenated alkanes) is 1. The Morgan fingerprint density at radius 1 is 1.38 bits per heavy atom. The summed E-state index contributed by atoms with van der Waals surface area (Å²) in [5.74, 6) is -1.47. The number of carboxylic acids is 1. The maximum absolute atomic E-state index is 11.4. The molecule has 0 aromatic carbocycles. The van der Waals surface area contributed by atoms with Gasteiger partial charge in [0.1, 0.15) is 0 Å². The summed E-state index contributed by atoms with van der Waals surface area (Å²) in [6.07, 6.45) is 3.05. The highest BCUT2D eigenvalue weighted by molar-refractivity contribution is 5.81. The van der Waals surface area contributed by atoms with Gasteiger partial charge in [0.25, 0.3) is 0 Å². The largest absolute Gasteiger partial charge is 0.481 e. The summed E-state index contributed by atoms with van der Waals surface area (Å²) in [6.45, 7) is 4.02. The molecule has 2 atom stereocenters. The van der Waals surface area contributed by atoms with Gasteiger partial charge in [-0.05, 0) is 12.8 Å². The molecule has 0 saturated carbocycles.